The van der Waals surface area contributed by atoms with Gasteiger partial charge in [-0.15, -0.1) is 0 Å². The summed E-state index contributed by atoms with van der Waals surface area (Å²) in [5, 5.41) is 0. The number of hydrogen-bond donors (Lipinski definition) is 0. The van der Waals surface area contributed by atoms with E-state index in [4.69, 9.17) is 0 Å². The zero-order valence-corrected chi connectivity index (χ0v) is 10.6. The van der Waals surface area contributed by atoms with Gasteiger partial charge in [0.15, 0.2) is 0 Å². The summed E-state index contributed by atoms with van der Waals surface area (Å²) >= 11 is 0. The van der Waals surface area contributed by atoms with Crippen molar-refractivity contribution in [1.82, 2.24) is 0 Å². The highest BCUT2D eigenvalue weighted by Gasteiger charge is 1.97. The molecule has 0 bridgehead atoms. The molecule has 14 heavy (non-hydrogen) atoms. The molecule has 0 N–H and O–H groups in total. The molecule has 0 aromatic heterocycles. The second-order valence-corrected chi connectivity index (χ2v) is 4.39. The number of rotatable bonds is 6. The highest BCUT2D eigenvalue weighted by atomic mass is 14.0. The summed E-state index contributed by atoms with van der Waals surface area (Å²) in [6, 6.07) is 0. The Morgan fingerprint density at radius 3 is 2.21 bits per heavy atom. The molecule has 0 aromatic rings. The number of unbranched alkanes of at least 4 members (excludes halogenated alkanes) is 1. The lowest BCUT2D eigenvalue weighted by atomic mass is 10.00. The Labute approximate surface area is 90.1 Å². The first kappa shape index (κ1) is 13.5. The summed E-state index contributed by atoms with van der Waals surface area (Å²) in [4.78, 5) is 0. The lowest BCUT2D eigenvalue weighted by Gasteiger charge is -2.07. The third-order valence-electron chi connectivity index (χ3n) is 2.40. The van der Waals surface area contributed by atoms with Crippen molar-refractivity contribution in [1.29, 1.82) is 0 Å². The Bertz CT molecular complexity index is 192. The molecule has 1 atom stereocenters. The maximum atomic E-state index is 2.43. The van der Waals surface area contributed by atoms with Gasteiger partial charge >= 0.3 is 0 Å². The van der Waals surface area contributed by atoms with Gasteiger partial charge in [0, 0.05) is 0 Å². The van der Waals surface area contributed by atoms with Crippen LogP contribution in [-0.4, -0.2) is 0 Å². The van der Waals surface area contributed by atoms with Crippen molar-refractivity contribution in [3.05, 3.63) is 23.3 Å². The molecule has 0 saturated heterocycles. The van der Waals surface area contributed by atoms with Crippen molar-refractivity contribution in [2.75, 3.05) is 0 Å². The summed E-state index contributed by atoms with van der Waals surface area (Å²) in [6.45, 7) is 11.1. The van der Waals surface area contributed by atoms with E-state index in [0.717, 1.165) is 0 Å². The maximum Gasteiger partial charge on any atom is -0.00767 e. The van der Waals surface area contributed by atoms with E-state index < -0.39 is 0 Å². The van der Waals surface area contributed by atoms with Crippen LogP contribution in [0.15, 0.2) is 23.3 Å². The minimum Gasteiger partial charge on any atom is -0.0798 e. The Morgan fingerprint density at radius 2 is 1.79 bits per heavy atom. The van der Waals surface area contributed by atoms with E-state index in [0.29, 0.717) is 5.92 Å². The quantitative estimate of drug-likeness (QED) is 0.515. The lowest BCUT2D eigenvalue weighted by Crippen LogP contribution is -1.90. The fraction of sp³-hybridized carbons (Fsp3) is 0.714. The van der Waals surface area contributed by atoms with Gasteiger partial charge in [-0.2, -0.15) is 0 Å². The molecule has 0 spiro atoms. The summed E-state index contributed by atoms with van der Waals surface area (Å²) in [5.41, 5.74) is 3.04. The standard InChI is InChI=1S/C14H26/c1-6-8-9-14(7-2)11-13(5)10-12(3)4/h10-11,13H,6-9H2,1-5H3. The van der Waals surface area contributed by atoms with Gasteiger partial charge in [-0.1, -0.05) is 50.5 Å². The Balaban J connectivity index is 4.20. The van der Waals surface area contributed by atoms with Gasteiger partial charge in [0.2, 0.25) is 0 Å². The minimum absolute atomic E-state index is 0.604. The maximum absolute atomic E-state index is 2.43. The van der Waals surface area contributed by atoms with Crippen molar-refractivity contribution in [2.24, 2.45) is 5.92 Å². The van der Waals surface area contributed by atoms with Crippen LogP contribution in [0, 0.1) is 5.92 Å². The zero-order chi connectivity index (χ0) is 11.0. The van der Waals surface area contributed by atoms with Gasteiger partial charge < -0.3 is 0 Å². The average Bonchev–Trinajstić information content (AvgIpc) is 2.10. The molecule has 0 aliphatic rings. The van der Waals surface area contributed by atoms with E-state index in [-0.39, 0.29) is 0 Å². The summed E-state index contributed by atoms with van der Waals surface area (Å²) in [7, 11) is 0. The third kappa shape index (κ3) is 6.94. The molecular formula is C14H26. The third-order valence-corrected chi connectivity index (χ3v) is 2.40. The largest absolute Gasteiger partial charge is 0.0798 e. The SMILES string of the molecule is CCCCC(=CC(C)C=C(C)C)CC. The molecule has 0 amide bonds. The lowest BCUT2D eigenvalue weighted by molar-refractivity contribution is 0.752. The van der Waals surface area contributed by atoms with E-state index in [1.54, 1.807) is 5.57 Å². The van der Waals surface area contributed by atoms with Crippen molar-refractivity contribution >= 4 is 0 Å². The van der Waals surface area contributed by atoms with Crippen molar-refractivity contribution in [3.63, 3.8) is 0 Å². The highest BCUT2D eigenvalue weighted by molar-refractivity contribution is 5.10. The predicted octanol–water partition coefficient (Wildman–Crippen LogP) is 5.12. The van der Waals surface area contributed by atoms with Crippen LogP contribution < -0.4 is 0 Å². The molecule has 82 valence electrons. The Morgan fingerprint density at radius 1 is 1.14 bits per heavy atom. The molecule has 0 nitrogen and oxygen atoms in total. The van der Waals surface area contributed by atoms with E-state index in [9.17, 15) is 0 Å². The van der Waals surface area contributed by atoms with Gasteiger partial charge in [0.05, 0.1) is 0 Å². The second-order valence-electron chi connectivity index (χ2n) is 4.39. The van der Waals surface area contributed by atoms with Crippen LogP contribution in [0.4, 0.5) is 0 Å². The summed E-state index contributed by atoms with van der Waals surface area (Å²) in [5.74, 6) is 0.604. The van der Waals surface area contributed by atoms with Crippen LogP contribution >= 0.6 is 0 Å². The topological polar surface area (TPSA) is 0 Å². The molecule has 0 aromatic carbocycles. The normalized spacial score (nSPS) is 13.9. The van der Waals surface area contributed by atoms with Crippen LogP contribution in [0.25, 0.3) is 0 Å². The fourth-order valence-electron chi connectivity index (χ4n) is 1.73. The summed E-state index contributed by atoms with van der Waals surface area (Å²) < 4.78 is 0. The van der Waals surface area contributed by atoms with Crippen molar-refractivity contribution < 1.29 is 0 Å². The number of hydrogen-bond acceptors (Lipinski definition) is 0. The van der Waals surface area contributed by atoms with Crippen molar-refractivity contribution in [3.8, 4) is 0 Å². The van der Waals surface area contributed by atoms with Crippen LogP contribution in [0.2, 0.25) is 0 Å². The van der Waals surface area contributed by atoms with Gasteiger partial charge in [0.1, 0.15) is 0 Å². The monoisotopic (exact) mass is 194 g/mol. The Kier molecular flexibility index (Phi) is 7.55. The molecule has 0 radical (unpaired) electrons. The highest BCUT2D eigenvalue weighted by Crippen LogP contribution is 2.15. The first-order valence-electron chi connectivity index (χ1n) is 5.94. The van der Waals surface area contributed by atoms with E-state index in [2.05, 4.69) is 46.8 Å². The van der Waals surface area contributed by atoms with E-state index in [1.165, 1.54) is 31.3 Å². The van der Waals surface area contributed by atoms with Gasteiger partial charge in [-0.05, 0) is 39.0 Å². The molecule has 0 heteroatoms. The molecule has 0 fully saturated rings. The molecule has 0 heterocycles. The van der Waals surface area contributed by atoms with Gasteiger partial charge in [0.25, 0.3) is 0 Å². The fourth-order valence-corrected chi connectivity index (χ4v) is 1.73. The van der Waals surface area contributed by atoms with Crippen molar-refractivity contribution in [2.45, 2.75) is 60.3 Å². The first-order chi connectivity index (χ1) is 6.60. The Hall–Kier alpha value is -0.520. The van der Waals surface area contributed by atoms with Gasteiger partial charge in [-0.3, -0.25) is 0 Å². The van der Waals surface area contributed by atoms with Crippen LogP contribution in [0.3, 0.4) is 0 Å². The molecular weight excluding hydrogens is 168 g/mol. The minimum atomic E-state index is 0.604. The molecule has 0 aliphatic heterocycles. The molecule has 0 rings (SSSR count). The second kappa shape index (κ2) is 7.84. The molecule has 0 saturated carbocycles. The van der Waals surface area contributed by atoms with Crippen LogP contribution in [0.5, 0.6) is 0 Å². The van der Waals surface area contributed by atoms with Gasteiger partial charge in [-0.25, -0.2) is 0 Å². The average molecular weight is 194 g/mol. The predicted molar refractivity (Wildman–Crippen MR) is 66.5 cm³/mol. The molecule has 1 unspecified atom stereocenters. The number of allylic oxidation sites excluding steroid dienone is 4. The van der Waals surface area contributed by atoms with E-state index >= 15 is 0 Å². The summed E-state index contributed by atoms with van der Waals surface area (Å²) in [6.07, 6.45) is 9.90. The van der Waals surface area contributed by atoms with E-state index in [1.807, 2.05) is 0 Å². The zero-order valence-electron chi connectivity index (χ0n) is 10.6. The van der Waals surface area contributed by atoms with Crippen LogP contribution in [-0.2, 0) is 0 Å². The first-order valence-corrected chi connectivity index (χ1v) is 5.94. The smallest absolute Gasteiger partial charge is 0.00767 e. The van der Waals surface area contributed by atoms with Crippen LogP contribution in [0.1, 0.15) is 60.3 Å². The molecule has 0 aliphatic carbocycles.